The number of aryl methyl sites for hydroxylation is 2. The lowest BCUT2D eigenvalue weighted by molar-refractivity contribution is 0.282. The standard InChI is InChI=1S/C9H15NO2/c1-8-7-9(12-10-8)5-3-2-4-6-11/h7,11H,2-6H2,1H3. The fourth-order valence-corrected chi connectivity index (χ4v) is 1.12. The van der Waals surface area contributed by atoms with Gasteiger partial charge in [-0.3, -0.25) is 0 Å². The van der Waals surface area contributed by atoms with Crippen LogP contribution < -0.4 is 0 Å². The molecule has 0 aliphatic heterocycles. The van der Waals surface area contributed by atoms with Gasteiger partial charge in [0.15, 0.2) is 0 Å². The Morgan fingerprint density at radius 1 is 1.42 bits per heavy atom. The summed E-state index contributed by atoms with van der Waals surface area (Å²) in [6, 6.07) is 1.96. The van der Waals surface area contributed by atoms with Crippen molar-refractivity contribution in [1.29, 1.82) is 0 Å². The number of nitrogens with zero attached hydrogens (tertiary/aromatic N) is 1. The molecule has 1 aromatic rings. The first-order valence-corrected chi connectivity index (χ1v) is 4.36. The minimum absolute atomic E-state index is 0.287. The van der Waals surface area contributed by atoms with Crippen LogP contribution in [0.3, 0.4) is 0 Å². The van der Waals surface area contributed by atoms with Crippen molar-refractivity contribution in [2.75, 3.05) is 6.61 Å². The Hall–Kier alpha value is -0.830. The van der Waals surface area contributed by atoms with Gasteiger partial charge in [0.2, 0.25) is 0 Å². The van der Waals surface area contributed by atoms with Gasteiger partial charge in [-0.05, 0) is 19.8 Å². The fraction of sp³-hybridized carbons (Fsp3) is 0.667. The molecule has 0 saturated carbocycles. The molecule has 0 radical (unpaired) electrons. The van der Waals surface area contributed by atoms with Crippen molar-refractivity contribution >= 4 is 0 Å². The maximum absolute atomic E-state index is 8.53. The van der Waals surface area contributed by atoms with E-state index in [1.807, 2.05) is 13.0 Å². The minimum atomic E-state index is 0.287. The third-order valence-electron chi connectivity index (χ3n) is 1.76. The van der Waals surface area contributed by atoms with E-state index in [9.17, 15) is 0 Å². The number of aliphatic hydroxyl groups is 1. The van der Waals surface area contributed by atoms with Crippen LogP contribution in [0, 0.1) is 6.92 Å². The summed E-state index contributed by atoms with van der Waals surface area (Å²) in [4.78, 5) is 0. The molecule has 1 heterocycles. The van der Waals surface area contributed by atoms with Crippen LogP contribution in [0.5, 0.6) is 0 Å². The molecule has 0 unspecified atom stereocenters. The molecule has 0 amide bonds. The number of rotatable bonds is 5. The van der Waals surface area contributed by atoms with E-state index in [1.165, 1.54) is 0 Å². The number of hydrogen-bond acceptors (Lipinski definition) is 3. The van der Waals surface area contributed by atoms with Crippen molar-refractivity contribution in [2.45, 2.75) is 32.6 Å². The van der Waals surface area contributed by atoms with Crippen LogP contribution >= 0.6 is 0 Å². The lowest BCUT2D eigenvalue weighted by Gasteiger charge is -1.94. The zero-order valence-electron chi connectivity index (χ0n) is 7.42. The van der Waals surface area contributed by atoms with Crippen LogP contribution in [-0.4, -0.2) is 16.9 Å². The predicted octanol–water partition coefficient (Wildman–Crippen LogP) is 1.69. The summed E-state index contributed by atoms with van der Waals surface area (Å²) >= 11 is 0. The van der Waals surface area contributed by atoms with Gasteiger partial charge in [-0.25, -0.2) is 0 Å². The molecule has 3 nitrogen and oxygen atoms in total. The summed E-state index contributed by atoms with van der Waals surface area (Å²) in [5.41, 5.74) is 0.937. The normalized spacial score (nSPS) is 10.5. The van der Waals surface area contributed by atoms with Crippen LogP contribution in [0.2, 0.25) is 0 Å². The Morgan fingerprint density at radius 2 is 2.25 bits per heavy atom. The van der Waals surface area contributed by atoms with Crippen molar-refractivity contribution in [1.82, 2.24) is 5.16 Å². The van der Waals surface area contributed by atoms with Gasteiger partial charge in [-0.2, -0.15) is 0 Å². The summed E-state index contributed by atoms with van der Waals surface area (Å²) in [6.45, 7) is 2.20. The summed E-state index contributed by atoms with van der Waals surface area (Å²) in [7, 11) is 0. The van der Waals surface area contributed by atoms with Crippen molar-refractivity contribution in [3.05, 3.63) is 17.5 Å². The van der Waals surface area contributed by atoms with Gasteiger partial charge in [0.05, 0.1) is 5.69 Å². The third-order valence-corrected chi connectivity index (χ3v) is 1.76. The number of hydrogen-bond donors (Lipinski definition) is 1. The molecular weight excluding hydrogens is 154 g/mol. The van der Waals surface area contributed by atoms with E-state index in [0.29, 0.717) is 0 Å². The Labute approximate surface area is 72.4 Å². The van der Waals surface area contributed by atoms with Gasteiger partial charge < -0.3 is 9.63 Å². The van der Waals surface area contributed by atoms with Crippen molar-refractivity contribution in [2.24, 2.45) is 0 Å². The maximum Gasteiger partial charge on any atom is 0.136 e. The number of aromatic nitrogens is 1. The molecule has 0 saturated heterocycles. The Morgan fingerprint density at radius 3 is 2.83 bits per heavy atom. The largest absolute Gasteiger partial charge is 0.396 e. The van der Waals surface area contributed by atoms with Gasteiger partial charge in [0, 0.05) is 19.1 Å². The molecular formula is C9H15NO2. The van der Waals surface area contributed by atoms with E-state index in [0.717, 1.165) is 37.1 Å². The molecule has 12 heavy (non-hydrogen) atoms. The third kappa shape index (κ3) is 3.05. The highest BCUT2D eigenvalue weighted by Gasteiger charge is 1.99. The highest BCUT2D eigenvalue weighted by Crippen LogP contribution is 2.07. The summed E-state index contributed by atoms with van der Waals surface area (Å²) in [6.07, 6.45) is 3.93. The molecule has 1 N–H and O–H groups in total. The molecule has 0 aromatic carbocycles. The van der Waals surface area contributed by atoms with E-state index in [2.05, 4.69) is 5.16 Å². The lowest BCUT2D eigenvalue weighted by atomic mass is 10.1. The molecule has 0 aliphatic carbocycles. The van der Waals surface area contributed by atoms with Crippen molar-refractivity contribution in [3.63, 3.8) is 0 Å². The topological polar surface area (TPSA) is 46.3 Å². The Balaban J connectivity index is 2.15. The number of unbranched alkanes of at least 4 members (excludes halogenated alkanes) is 2. The van der Waals surface area contributed by atoms with Crippen LogP contribution in [0.1, 0.15) is 30.7 Å². The predicted molar refractivity (Wildman–Crippen MR) is 45.9 cm³/mol. The number of aliphatic hydroxyl groups excluding tert-OH is 1. The van der Waals surface area contributed by atoms with Crippen LogP contribution in [0.25, 0.3) is 0 Å². The second kappa shape index (κ2) is 4.93. The summed E-state index contributed by atoms with van der Waals surface area (Å²) in [5, 5.41) is 12.3. The van der Waals surface area contributed by atoms with Gasteiger partial charge in [0.25, 0.3) is 0 Å². The van der Waals surface area contributed by atoms with E-state index in [4.69, 9.17) is 9.63 Å². The molecule has 3 heteroatoms. The van der Waals surface area contributed by atoms with Crippen LogP contribution in [0.4, 0.5) is 0 Å². The van der Waals surface area contributed by atoms with Gasteiger partial charge in [-0.15, -0.1) is 0 Å². The van der Waals surface area contributed by atoms with Crippen LogP contribution in [0.15, 0.2) is 10.6 Å². The fourth-order valence-electron chi connectivity index (χ4n) is 1.12. The lowest BCUT2D eigenvalue weighted by Crippen LogP contribution is -1.86. The first kappa shape index (κ1) is 9.26. The SMILES string of the molecule is Cc1cc(CCCCCO)on1. The van der Waals surface area contributed by atoms with E-state index in [1.54, 1.807) is 0 Å². The van der Waals surface area contributed by atoms with Gasteiger partial charge >= 0.3 is 0 Å². The minimum Gasteiger partial charge on any atom is -0.396 e. The second-order valence-electron chi connectivity index (χ2n) is 2.97. The van der Waals surface area contributed by atoms with E-state index in [-0.39, 0.29) is 6.61 Å². The van der Waals surface area contributed by atoms with Crippen molar-refractivity contribution in [3.8, 4) is 0 Å². The average molecular weight is 169 g/mol. The average Bonchev–Trinajstić information content (AvgIpc) is 2.45. The second-order valence-corrected chi connectivity index (χ2v) is 2.97. The Bertz CT molecular complexity index is 220. The molecule has 1 rings (SSSR count). The quantitative estimate of drug-likeness (QED) is 0.682. The molecule has 0 spiro atoms. The summed E-state index contributed by atoms with van der Waals surface area (Å²) < 4.78 is 5.03. The molecule has 1 aromatic heterocycles. The highest BCUT2D eigenvalue weighted by atomic mass is 16.5. The zero-order chi connectivity index (χ0) is 8.81. The smallest absolute Gasteiger partial charge is 0.136 e. The van der Waals surface area contributed by atoms with E-state index >= 15 is 0 Å². The van der Waals surface area contributed by atoms with E-state index < -0.39 is 0 Å². The molecule has 0 atom stereocenters. The van der Waals surface area contributed by atoms with Crippen LogP contribution in [-0.2, 0) is 6.42 Å². The van der Waals surface area contributed by atoms with Crippen molar-refractivity contribution < 1.29 is 9.63 Å². The zero-order valence-corrected chi connectivity index (χ0v) is 7.42. The maximum atomic E-state index is 8.53. The molecule has 0 bridgehead atoms. The molecule has 68 valence electrons. The van der Waals surface area contributed by atoms with Gasteiger partial charge in [-0.1, -0.05) is 11.6 Å². The first-order chi connectivity index (χ1) is 5.83. The Kier molecular flexibility index (Phi) is 3.80. The molecule has 0 aliphatic rings. The first-order valence-electron chi connectivity index (χ1n) is 4.36. The summed E-state index contributed by atoms with van der Waals surface area (Å²) in [5.74, 6) is 0.949. The highest BCUT2D eigenvalue weighted by molar-refractivity contribution is 5.02. The molecule has 0 fully saturated rings. The van der Waals surface area contributed by atoms with Gasteiger partial charge in [0.1, 0.15) is 5.76 Å². The monoisotopic (exact) mass is 169 g/mol.